The molecule has 0 amide bonds. The van der Waals surface area contributed by atoms with Gasteiger partial charge in [-0.05, 0) is 5.56 Å². The van der Waals surface area contributed by atoms with Crippen molar-refractivity contribution in [1.82, 2.24) is 19.5 Å². The van der Waals surface area contributed by atoms with Crippen molar-refractivity contribution in [1.29, 1.82) is 0 Å². The maximum Gasteiger partial charge on any atom is 0.322 e. The zero-order valence-electron chi connectivity index (χ0n) is 16.4. The van der Waals surface area contributed by atoms with Crippen LogP contribution in [0.25, 0.3) is 11.2 Å². The summed E-state index contributed by atoms with van der Waals surface area (Å²) in [6, 6.07) is 8.42. The molecule has 1 aliphatic heterocycles. The molecule has 0 bridgehead atoms. The SMILES string of the molecule is Nc1ncnc2c1ncn2[C@@H]1O[C@H](COP(=O)([O-])OC(=O)Cc2ccccc2)[C@@H](O)[C@H]1O. The van der Waals surface area contributed by atoms with E-state index in [9.17, 15) is 24.5 Å². The van der Waals surface area contributed by atoms with Gasteiger partial charge < -0.3 is 34.6 Å². The Morgan fingerprint density at radius 1 is 1.22 bits per heavy atom. The van der Waals surface area contributed by atoms with E-state index in [1.807, 2.05) is 0 Å². The van der Waals surface area contributed by atoms with Gasteiger partial charge in [0.1, 0.15) is 30.2 Å². The van der Waals surface area contributed by atoms with Crippen LogP contribution in [-0.2, 0) is 29.6 Å². The smallest absolute Gasteiger partial charge is 0.322 e. The van der Waals surface area contributed by atoms with Crippen molar-refractivity contribution in [2.75, 3.05) is 12.3 Å². The first-order valence-electron chi connectivity index (χ1n) is 9.42. The molecular formula is C18H19N5O8P-. The van der Waals surface area contributed by atoms with Gasteiger partial charge in [0.05, 0.1) is 19.4 Å². The molecule has 4 N–H and O–H groups in total. The van der Waals surface area contributed by atoms with Crippen LogP contribution in [-0.4, -0.2) is 60.6 Å². The average Bonchev–Trinajstić information content (AvgIpc) is 3.29. The van der Waals surface area contributed by atoms with E-state index in [0.29, 0.717) is 5.56 Å². The van der Waals surface area contributed by atoms with Crippen molar-refractivity contribution in [2.45, 2.75) is 31.0 Å². The predicted molar refractivity (Wildman–Crippen MR) is 105 cm³/mol. The first-order chi connectivity index (χ1) is 15.2. The summed E-state index contributed by atoms with van der Waals surface area (Å²) in [5.74, 6) is -0.909. The summed E-state index contributed by atoms with van der Waals surface area (Å²) in [5, 5.41) is 20.7. The van der Waals surface area contributed by atoms with Crippen LogP contribution in [0, 0.1) is 0 Å². The van der Waals surface area contributed by atoms with E-state index in [1.54, 1.807) is 30.3 Å². The normalized spacial score (nSPS) is 25.0. The highest BCUT2D eigenvalue weighted by molar-refractivity contribution is 7.46. The third-order valence-corrected chi connectivity index (χ3v) is 5.69. The summed E-state index contributed by atoms with van der Waals surface area (Å²) in [5.41, 5.74) is 6.82. The maximum absolute atomic E-state index is 12.0. The Hall–Kier alpha value is -2.93. The highest BCUT2D eigenvalue weighted by Gasteiger charge is 2.45. The van der Waals surface area contributed by atoms with Gasteiger partial charge in [-0.15, -0.1) is 0 Å². The molecule has 3 heterocycles. The largest absolute Gasteiger partial charge is 0.746 e. The molecule has 0 radical (unpaired) electrons. The van der Waals surface area contributed by atoms with Crippen LogP contribution in [0.1, 0.15) is 11.8 Å². The molecule has 32 heavy (non-hydrogen) atoms. The number of rotatable bonds is 7. The number of phosphoric acid groups is 1. The second-order valence-electron chi connectivity index (χ2n) is 7.00. The first kappa shape index (κ1) is 22.3. The van der Waals surface area contributed by atoms with Gasteiger partial charge in [0.2, 0.25) is 0 Å². The molecule has 0 spiro atoms. The maximum atomic E-state index is 12.0. The van der Waals surface area contributed by atoms with E-state index in [-0.39, 0.29) is 23.4 Å². The molecule has 1 unspecified atom stereocenters. The second-order valence-corrected chi connectivity index (χ2v) is 8.33. The molecule has 13 nitrogen and oxygen atoms in total. The average molecular weight is 464 g/mol. The number of benzene rings is 1. The van der Waals surface area contributed by atoms with Crippen molar-refractivity contribution in [3.63, 3.8) is 0 Å². The molecule has 170 valence electrons. The molecule has 14 heteroatoms. The van der Waals surface area contributed by atoms with Crippen molar-refractivity contribution >= 4 is 30.8 Å². The molecule has 1 aliphatic rings. The van der Waals surface area contributed by atoms with Crippen LogP contribution in [0.3, 0.4) is 0 Å². The fourth-order valence-corrected chi connectivity index (χ4v) is 3.96. The van der Waals surface area contributed by atoms with Crippen LogP contribution in [0.4, 0.5) is 5.82 Å². The van der Waals surface area contributed by atoms with E-state index in [4.69, 9.17) is 15.0 Å². The van der Waals surface area contributed by atoms with Crippen LogP contribution in [0.15, 0.2) is 43.0 Å². The number of anilines is 1. The zero-order valence-corrected chi connectivity index (χ0v) is 17.3. The molecule has 0 aliphatic carbocycles. The topological polar surface area (TPSA) is 195 Å². The quantitative estimate of drug-likeness (QED) is 0.373. The summed E-state index contributed by atoms with van der Waals surface area (Å²) >= 11 is 0. The van der Waals surface area contributed by atoms with Gasteiger partial charge in [-0.2, -0.15) is 0 Å². The number of phosphoric ester groups is 1. The Kier molecular flexibility index (Phi) is 6.20. The highest BCUT2D eigenvalue weighted by atomic mass is 31.2. The number of carbonyl (C=O) groups excluding carboxylic acids is 1. The molecule has 1 aromatic carbocycles. The van der Waals surface area contributed by atoms with Gasteiger partial charge in [-0.1, -0.05) is 30.3 Å². The number of fused-ring (bicyclic) bond motifs is 1. The van der Waals surface area contributed by atoms with E-state index < -0.39 is 44.9 Å². The summed E-state index contributed by atoms with van der Waals surface area (Å²) in [4.78, 5) is 35.8. The summed E-state index contributed by atoms with van der Waals surface area (Å²) in [6.07, 6.45) is -3.13. The summed E-state index contributed by atoms with van der Waals surface area (Å²) in [7, 11) is -5.04. The predicted octanol–water partition coefficient (Wildman–Crippen LogP) is -0.701. The number of ether oxygens (including phenoxy) is 1. The second kappa shape index (κ2) is 8.90. The third-order valence-electron chi connectivity index (χ3n) is 4.80. The first-order valence-corrected chi connectivity index (χ1v) is 10.9. The number of aromatic nitrogens is 4. The van der Waals surface area contributed by atoms with Gasteiger partial charge in [-0.3, -0.25) is 13.9 Å². The van der Waals surface area contributed by atoms with Crippen LogP contribution < -0.4 is 10.6 Å². The third kappa shape index (κ3) is 4.63. The Morgan fingerprint density at radius 2 is 1.97 bits per heavy atom. The highest BCUT2D eigenvalue weighted by Crippen LogP contribution is 2.41. The molecule has 1 saturated heterocycles. The summed E-state index contributed by atoms with van der Waals surface area (Å²) in [6.45, 7) is -0.697. The van der Waals surface area contributed by atoms with Gasteiger partial charge in [-0.25, -0.2) is 15.0 Å². The minimum atomic E-state index is -5.04. The number of carbonyl (C=O) groups is 1. The molecule has 4 rings (SSSR count). The molecule has 0 saturated carbocycles. The number of nitrogen functional groups attached to an aromatic ring is 1. The number of aliphatic hydroxyl groups is 2. The minimum absolute atomic E-state index is 0.117. The minimum Gasteiger partial charge on any atom is -0.746 e. The van der Waals surface area contributed by atoms with Crippen molar-refractivity contribution < 1.29 is 38.3 Å². The Morgan fingerprint density at radius 3 is 2.72 bits per heavy atom. The number of hydrogen-bond donors (Lipinski definition) is 3. The number of nitrogens with two attached hydrogens (primary N) is 1. The van der Waals surface area contributed by atoms with Crippen molar-refractivity contribution in [3.05, 3.63) is 48.5 Å². The number of nitrogens with zero attached hydrogens (tertiary/aromatic N) is 4. The Bertz CT molecular complexity index is 1160. The van der Waals surface area contributed by atoms with Crippen molar-refractivity contribution in [2.24, 2.45) is 0 Å². The number of aliphatic hydroxyl groups excluding tert-OH is 2. The lowest BCUT2D eigenvalue weighted by Gasteiger charge is -2.24. The van der Waals surface area contributed by atoms with Gasteiger partial charge in [0.15, 0.2) is 17.7 Å². The van der Waals surface area contributed by atoms with Crippen LogP contribution >= 0.6 is 7.82 Å². The van der Waals surface area contributed by atoms with Gasteiger partial charge in [0.25, 0.3) is 0 Å². The van der Waals surface area contributed by atoms with Crippen LogP contribution in [0.2, 0.25) is 0 Å². The number of imidazole rings is 1. The molecule has 1 fully saturated rings. The molecule has 5 atom stereocenters. The monoisotopic (exact) mass is 464 g/mol. The van der Waals surface area contributed by atoms with Crippen molar-refractivity contribution in [3.8, 4) is 0 Å². The Balaban J connectivity index is 1.38. The molecular weight excluding hydrogens is 445 g/mol. The van der Waals surface area contributed by atoms with E-state index in [1.165, 1.54) is 17.2 Å². The Labute approximate surface area is 181 Å². The standard InChI is InChI=1S/C18H20N5O8P/c19-16-13-17(21-8-20-16)23(9-22-13)18-15(26)14(25)11(30-18)7-29-32(27,28)31-12(24)6-10-4-2-1-3-5-10/h1-5,8-9,11,14-15,18,25-26H,6-7H2,(H,27,28)(H2,19,20,21)/p-1/t11-,14-,15-,18-/m1/s1. The fourth-order valence-electron chi connectivity index (χ4n) is 3.26. The lowest BCUT2D eigenvalue weighted by Crippen LogP contribution is -2.34. The fraction of sp³-hybridized carbons (Fsp3) is 0.333. The summed E-state index contributed by atoms with van der Waals surface area (Å²) < 4.78 is 28.0. The lowest BCUT2D eigenvalue weighted by molar-refractivity contribution is -0.227. The zero-order chi connectivity index (χ0) is 22.9. The van der Waals surface area contributed by atoms with E-state index >= 15 is 0 Å². The van der Waals surface area contributed by atoms with Crippen LogP contribution in [0.5, 0.6) is 0 Å². The number of hydrogen-bond acceptors (Lipinski definition) is 12. The van der Waals surface area contributed by atoms with E-state index in [2.05, 4.69) is 19.5 Å². The van der Waals surface area contributed by atoms with E-state index in [0.717, 1.165) is 0 Å². The molecule has 2 aromatic heterocycles. The molecule has 3 aromatic rings. The van der Waals surface area contributed by atoms with Gasteiger partial charge in [0, 0.05) is 0 Å². The lowest BCUT2D eigenvalue weighted by atomic mass is 10.1. The van der Waals surface area contributed by atoms with Gasteiger partial charge >= 0.3 is 13.8 Å².